The van der Waals surface area contributed by atoms with Crippen molar-refractivity contribution in [2.75, 3.05) is 0 Å². The minimum absolute atomic E-state index is 0. The molecule has 0 unspecified atom stereocenters. The van der Waals surface area contributed by atoms with Crippen LogP contribution in [0.2, 0.25) is 0 Å². The van der Waals surface area contributed by atoms with Crippen molar-refractivity contribution in [2.24, 2.45) is 0 Å². The van der Waals surface area contributed by atoms with Crippen molar-refractivity contribution in [3.63, 3.8) is 0 Å². The number of aryl methyl sites for hydroxylation is 1. The maximum atomic E-state index is 10.3. The Morgan fingerprint density at radius 3 is 2.05 bits per heavy atom. The van der Waals surface area contributed by atoms with Crippen molar-refractivity contribution in [3.05, 3.63) is 49.4 Å². The Hall–Kier alpha value is -0.571. The summed E-state index contributed by atoms with van der Waals surface area (Å²) in [5.41, 5.74) is 1.06. The van der Waals surface area contributed by atoms with E-state index in [2.05, 4.69) is 13.5 Å². The van der Waals surface area contributed by atoms with Crippen molar-refractivity contribution in [1.82, 2.24) is 0 Å². The molecule has 0 N–H and O–H groups in total. The first-order valence-corrected chi connectivity index (χ1v) is 8.25. The largest absolute Gasteiger partial charge is 2.00 e. The monoisotopic (exact) mass is 349 g/mol. The van der Waals surface area contributed by atoms with Crippen LogP contribution >= 0.6 is 0 Å². The van der Waals surface area contributed by atoms with E-state index < -0.39 is 10.7 Å². The summed E-state index contributed by atoms with van der Waals surface area (Å²) in [5.74, 6) is 0. The minimum atomic E-state index is -2.09. The Labute approximate surface area is 142 Å². The topological polar surface area (TPSA) is 34.1 Å². The van der Waals surface area contributed by atoms with Gasteiger partial charge in [-0.15, -0.1) is 6.58 Å². The summed E-state index contributed by atoms with van der Waals surface area (Å²) < 4.78 is 20.6. The summed E-state index contributed by atoms with van der Waals surface area (Å²) >= 11 is 0. The molecule has 0 aromatic heterocycles. The Morgan fingerprint density at radius 1 is 1.05 bits per heavy atom. The maximum Gasteiger partial charge on any atom is 2.00 e. The SMILES string of the molecule is C=CCCCCCCC[CH2-].Cc1ccc([S-](=O)=O)cc1.[Mn+2]. The van der Waals surface area contributed by atoms with Gasteiger partial charge in [-0.1, -0.05) is 66.5 Å². The molecule has 119 valence electrons. The van der Waals surface area contributed by atoms with E-state index in [4.69, 9.17) is 0 Å². The van der Waals surface area contributed by atoms with Gasteiger partial charge < -0.3 is 15.3 Å². The van der Waals surface area contributed by atoms with E-state index in [-0.39, 0.29) is 17.1 Å². The van der Waals surface area contributed by atoms with Crippen LogP contribution in [0.15, 0.2) is 41.8 Å². The minimum Gasteiger partial charge on any atom is -0.420 e. The van der Waals surface area contributed by atoms with E-state index in [1.807, 2.05) is 13.0 Å². The summed E-state index contributed by atoms with van der Waals surface area (Å²) in [6, 6.07) is 6.70. The Morgan fingerprint density at radius 2 is 1.57 bits per heavy atom. The summed E-state index contributed by atoms with van der Waals surface area (Å²) in [6.45, 7) is 9.40. The first-order valence-electron chi connectivity index (χ1n) is 7.18. The molecular formula is C17H26MnO2S. The van der Waals surface area contributed by atoms with Gasteiger partial charge in [0.1, 0.15) is 0 Å². The van der Waals surface area contributed by atoms with Crippen LogP contribution in [0.1, 0.15) is 50.5 Å². The van der Waals surface area contributed by atoms with E-state index in [9.17, 15) is 8.42 Å². The number of unbranched alkanes of at least 4 members (excludes halogenated alkanes) is 6. The molecule has 0 aliphatic rings. The van der Waals surface area contributed by atoms with Gasteiger partial charge in [0.25, 0.3) is 0 Å². The molecule has 1 rings (SSSR count). The number of hydrogen-bond donors (Lipinski definition) is 0. The molecule has 21 heavy (non-hydrogen) atoms. The van der Waals surface area contributed by atoms with Crippen molar-refractivity contribution in [2.45, 2.75) is 56.8 Å². The van der Waals surface area contributed by atoms with Gasteiger partial charge >= 0.3 is 17.1 Å². The molecule has 0 fully saturated rings. The molecule has 0 atom stereocenters. The molecule has 0 bridgehead atoms. The molecule has 0 saturated carbocycles. The van der Waals surface area contributed by atoms with Gasteiger partial charge in [-0.3, -0.25) is 0 Å². The summed E-state index contributed by atoms with van der Waals surface area (Å²) in [7, 11) is -2.09. The second kappa shape index (κ2) is 15.8. The maximum absolute atomic E-state index is 10.3. The first kappa shape index (κ1) is 22.7. The van der Waals surface area contributed by atoms with E-state index in [1.165, 1.54) is 38.5 Å². The molecule has 2 nitrogen and oxygen atoms in total. The van der Waals surface area contributed by atoms with Gasteiger partial charge in [-0.05, 0) is 30.5 Å². The van der Waals surface area contributed by atoms with Crippen LogP contribution in [0.3, 0.4) is 0 Å². The quantitative estimate of drug-likeness (QED) is 0.207. The van der Waals surface area contributed by atoms with E-state index in [0.717, 1.165) is 12.0 Å². The fourth-order valence-corrected chi connectivity index (χ4v) is 2.00. The van der Waals surface area contributed by atoms with Crippen molar-refractivity contribution in [1.29, 1.82) is 0 Å². The molecule has 0 aliphatic carbocycles. The van der Waals surface area contributed by atoms with Crippen LogP contribution in [-0.2, 0) is 36.2 Å². The molecule has 1 aromatic rings. The van der Waals surface area contributed by atoms with Gasteiger partial charge in [0.2, 0.25) is 0 Å². The van der Waals surface area contributed by atoms with Crippen molar-refractivity contribution >= 4 is 10.7 Å². The molecule has 0 aliphatic heterocycles. The smallest absolute Gasteiger partial charge is 0.420 e. The zero-order chi connectivity index (χ0) is 15.2. The molecule has 0 spiro atoms. The standard InChI is InChI=1S/C10H19.C7H7O2S.Mn/c1-3-5-7-9-10-8-6-4-2;1-6-2-4-7(5-3-6)10(8)9;/h3H,1-2,4-10H2;2-5H,1H3;/q2*-1;+2. The van der Waals surface area contributed by atoms with Crippen LogP contribution in [0.25, 0.3) is 0 Å². The Balaban J connectivity index is 0. The van der Waals surface area contributed by atoms with Gasteiger partial charge in [0.05, 0.1) is 0 Å². The zero-order valence-electron chi connectivity index (χ0n) is 12.9. The third-order valence-electron chi connectivity index (χ3n) is 2.87. The van der Waals surface area contributed by atoms with Crippen LogP contribution in [0.4, 0.5) is 0 Å². The normalized spacial score (nSPS) is 9.48. The third kappa shape index (κ3) is 14.1. The van der Waals surface area contributed by atoms with Crippen LogP contribution in [0.5, 0.6) is 0 Å². The predicted molar refractivity (Wildman–Crippen MR) is 86.1 cm³/mol. The predicted octanol–water partition coefficient (Wildman–Crippen LogP) is 5.40. The Kier molecular flexibility index (Phi) is 17.1. The molecule has 0 saturated heterocycles. The summed E-state index contributed by atoms with van der Waals surface area (Å²) in [6.07, 6.45) is 11.0. The summed E-state index contributed by atoms with van der Waals surface area (Å²) in [4.78, 5) is 0.339. The third-order valence-corrected chi connectivity index (χ3v) is 3.53. The molecule has 0 heterocycles. The number of hydrogen-bond acceptors (Lipinski definition) is 3. The number of rotatable bonds is 8. The molecule has 0 amide bonds. The van der Waals surface area contributed by atoms with Gasteiger partial charge in [-0.25, -0.2) is 0 Å². The van der Waals surface area contributed by atoms with E-state index >= 15 is 0 Å². The second-order valence-electron chi connectivity index (χ2n) is 4.75. The van der Waals surface area contributed by atoms with E-state index in [1.54, 1.807) is 24.3 Å². The fraction of sp³-hybridized carbons (Fsp3) is 0.471. The first-order chi connectivity index (χ1) is 9.61. The fourth-order valence-electron chi connectivity index (χ4n) is 1.65. The summed E-state index contributed by atoms with van der Waals surface area (Å²) in [5, 5.41) is 0. The van der Waals surface area contributed by atoms with Gasteiger partial charge in [0, 0.05) is 0 Å². The van der Waals surface area contributed by atoms with E-state index in [0.29, 0.717) is 4.90 Å². The number of allylic oxidation sites excluding steroid dienone is 1. The average molecular weight is 349 g/mol. The zero-order valence-corrected chi connectivity index (χ0v) is 14.9. The molecule has 1 radical (unpaired) electrons. The van der Waals surface area contributed by atoms with Gasteiger partial charge in [0.15, 0.2) is 0 Å². The van der Waals surface area contributed by atoms with Crippen molar-refractivity contribution < 1.29 is 25.5 Å². The average Bonchev–Trinajstić information content (AvgIpc) is 2.44. The Bertz CT molecular complexity index is 417. The molecular weight excluding hydrogens is 323 g/mol. The number of benzene rings is 1. The van der Waals surface area contributed by atoms with Gasteiger partial charge in [-0.2, -0.15) is 6.42 Å². The van der Waals surface area contributed by atoms with Crippen molar-refractivity contribution in [3.8, 4) is 0 Å². The second-order valence-corrected chi connectivity index (χ2v) is 5.69. The van der Waals surface area contributed by atoms with Crippen LogP contribution < -0.4 is 0 Å². The molecule has 4 heteroatoms. The van der Waals surface area contributed by atoms with Crippen LogP contribution in [-0.4, -0.2) is 0 Å². The molecule has 1 aromatic carbocycles. The van der Waals surface area contributed by atoms with Crippen LogP contribution in [0, 0.1) is 13.8 Å².